The molecule has 0 saturated heterocycles. The van der Waals surface area contributed by atoms with Crippen LogP contribution in [-0.4, -0.2) is 0 Å². The Labute approximate surface area is 58.3 Å². The number of hydrogen-bond donors (Lipinski definition) is 0. The van der Waals surface area contributed by atoms with Crippen LogP contribution in [0.1, 0.15) is 20.3 Å². The topological polar surface area (TPSA) is 0 Å². The molecule has 0 bridgehead atoms. The van der Waals surface area contributed by atoms with Gasteiger partial charge in [-0.05, 0) is 0 Å². The molecule has 46 valence electrons. The molecule has 0 amide bonds. The maximum absolute atomic E-state index is 4.32. The zero-order valence-electron chi connectivity index (χ0n) is 5.12. The average Bonchev–Trinajstić information content (AvgIpc) is 1.98. The minimum atomic E-state index is 1.04. The summed E-state index contributed by atoms with van der Waals surface area (Å²) in [5.74, 6) is 0. The Hall–Kier alpha value is -0.0135. The van der Waals surface area contributed by atoms with Crippen molar-refractivity contribution in [1.82, 2.24) is 0 Å². The van der Waals surface area contributed by atoms with Gasteiger partial charge in [0, 0.05) is 0 Å². The van der Waals surface area contributed by atoms with Gasteiger partial charge in [-0.25, -0.2) is 0 Å². The third-order valence-electron chi connectivity index (χ3n) is 1.56. The van der Waals surface area contributed by atoms with E-state index < -0.39 is 0 Å². The molecule has 0 atom stereocenters. The molecule has 0 aliphatic heterocycles. The van der Waals surface area contributed by atoms with Gasteiger partial charge in [0.05, 0.1) is 0 Å². The molecule has 0 saturated carbocycles. The molecular formula is C7H9Co. The minimum absolute atomic E-state index is 1.04. The summed E-state index contributed by atoms with van der Waals surface area (Å²) < 4.78 is 1.22. The summed E-state index contributed by atoms with van der Waals surface area (Å²) in [6.45, 7) is 4.23. The van der Waals surface area contributed by atoms with Gasteiger partial charge in [0.1, 0.15) is 0 Å². The molecule has 0 unspecified atom stereocenters. The van der Waals surface area contributed by atoms with Crippen molar-refractivity contribution < 1.29 is 15.7 Å². The van der Waals surface area contributed by atoms with E-state index in [1.165, 1.54) is 15.7 Å². The van der Waals surface area contributed by atoms with E-state index in [1.54, 1.807) is 0 Å². The first-order valence-corrected chi connectivity index (χ1v) is 3.24. The zero-order chi connectivity index (χ0) is 6.15. The third-order valence-corrected chi connectivity index (χ3v) is 2.16. The van der Waals surface area contributed by atoms with E-state index in [2.05, 4.69) is 35.7 Å². The first-order valence-electron chi connectivity index (χ1n) is 2.72. The number of allylic oxidation sites excluding steroid dienone is 4. The van der Waals surface area contributed by atoms with Crippen LogP contribution in [0.4, 0.5) is 0 Å². The molecular weight excluding hydrogens is 143 g/mol. The third kappa shape index (κ3) is 0.883. The molecule has 0 spiro atoms. The summed E-state index contributed by atoms with van der Waals surface area (Å²) in [7, 11) is 0. The molecule has 1 heteroatoms. The Morgan fingerprint density at radius 1 is 1.50 bits per heavy atom. The average molecular weight is 152 g/mol. The zero-order valence-corrected chi connectivity index (χ0v) is 6.16. The van der Waals surface area contributed by atoms with Crippen molar-refractivity contribution in [3.05, 3.63) is 21.7 Å². The van der Waals surface area contributed by atoms with Gasteiger partial charge in [0.15, 0.2) is 0 Å². The van der Waals surface area contributed by atoms with Gasteiger partial charge in [0.2, 0.25) is 0 Å². The predicted molar refractivity (Wildman–Crippen MR) is 31.1 cm³/mol. The van der Waals surface area contributed by atoms with Crippen LogP contribution >= 0.6 is 0 Å². The van der Waals surface area contributed by atoms with E-state index in [9.17, 15) is 0 Å². The second kappa shape index (κ2) is 2.07. The fourth-order valence-corrected chi connectivity index (χ4v) is 1.06. The molecule has 0 nitrogen and oxygen atoms in total. The normalized spacial score (nSPS) is 19.8. The van der Waals surface area contributed by atoms with E-state index in [0.29, 0.717) is 0 Å². The number of rotatable bonds is 0. The molecule has 0 N–H and O–H groups in total. The second-order valence-electron chi connectivity index (χ2n) is 2.09. The van der Waals surface area contributed by atoms with Gasteiger partial charge in [-0.2, -0.15) is 0 Å². The van der Waals surface area contributed by atoms with Crippen molar-refractivity contribution in [3.63, 3.8) is 0 Å². The Morgan fingerprint density at radius 3 is 2.25 bits per heavy atom. The summed E-state index contributed by atoms with van der Waals surface area (Å²) in [6, 6.07) is 0. The van der Waals surface area contributed by atoms with Crippen molar-refractivity contribution in [2.45, 2.75) is 20.3 Å². The Kier molecular flexibility index (Phi) is 1.58. The van der Waals surface area contributed by atoms with Crippen molar-refractivity contribution >= 4 is 0 Å². The SMILES string of the molecule is CC1=CC[C]([Co])=C1C. The quantitative estimate of drug-likeness (QED) is 0.499. The first-order chi connectivity index (χ1) is 3.72. The van der Waals surface area contributed by atoms with Gasteiger partial charge < -0.3 is 0 Å². The standard InChI is InChI=1S/C7H9.Co/c1-6-4-3-5-7(6)2;/h4H,3H2,1-2H3;. The molecule has 1 aliphatic rings. The first kappa shape index (κ1) is 6.11. The summed E-state index contributed by atoms with van der Waals surface area (Å²) in [5, 5.41) is 0. The summed E-state index contributed by atoms with van der Waals surface area (Å²) >= 11 is 4.32. The summed E-state index contributed by atoms with van der Waals surface area (Å²) in [5.41, 5.74) is 2.73. The molecule has 1 rings (SSSR count). The van der Waals surface area contributed by atoms with Gasteiger partial charge >= 0.3 is 57.7 Å². The van der Waals surface area contributed by atoms with E-state index in [1.807, 2.05) is 0 Å². The van der Waals surface area contributed by atoms with Crippen LogP contribution in [0.3, 0.4) is 0 Å². The van der Waals surface area contributed by atoms with Crippen molar-refractivity contribution in [2.75, 3.05) is 0 Å². The molecule has 0 radical (unpaired) electrons. The monoisotopic (exact) mass is 152 g/mol. The van der Waals surface area contributed by atoms with Gasteiger partial charge in [0.25, 0.3) is 0 Å². The molecule has 1 aliphatic carbocycles. The van der Waals surface area contributed by atoms with Gasteiger partial charge in [-0.1, -0.05) is 0 Å². The van der Waals surface area contributed by atoms with Crippen molar-refractivity contribution in [3.8, 4) is 0 Å². The van der Waals surface area contributed by atoms with Gasteiger partial charge in [-0.3, -0.25) is 0 Å². The van der Waals surface area contributed by atoms with Crippen LogP contribution in [0.2, 0.25) is 0 Å². The van der Waals surface area contributed by atoms with E-state index in [-0.39, 0.29) is 0 Å². The van der Waals surface area contributed by atoms with Crippen LogP contribution in [0.5, 0.6) is 0 Å². The molecule has 0 heterocycles. The Balaban J connectivity index is 2.88. The molecule has 0 aromatic heterocycles. The molecule has 8 heavy (non-hydrogen) atoms. The fraction of sp³-hybridized carbons (Fsp3) is 0.429. The maximum atomic E-state index is 4.32. The van der Waals surface area contributed by atoms with E-state index in [4.69, 9.17) is 0 Å². The molecule has 0 aromatic carbocycles. The van der Waals surface area contributed by atoms with Crippen LogP contribution in [0.25, 0.3) is 0 Å². The molecule has 0 aromatic rings. The van der Waals surface area contributed by atoms with Crippen LogP contribution < -0.4 is 0 Å². The summed E-state index contributed by atoms with van der Waals surface area (Å²) in [4.78, 5) is 0. The Bertz CT molecular complexity index is 158. The predicted octanol–water partition coefficient (Wildman–Crippen LogP) is 2.16. The fourth-order valence-electron chi connectivity index (χ4n) is 0.749. The summed E-state index contributed by atoms with van der Waals surface area (Å²) in [6.07, 6.45) is 3.24. The van der Waals surface area contributed by atoms with E-state index in [0.717, 1.165) is 6.42 Å². The van der Waals surface area contributed by atoms with Crippen LogP contribution in [0.15, 0.2) is 21.7 Å². The molecule has 0 fully saturated rings. The van der Waals surface area contributed by atoms with Crippen molar-refractivity contribution in [1.29, 1.82) is 0 Å². The number of hydrogen-bond acceptors (Lipinski definition) is 0. The van der Waals surface area contributed by atoms with Crippen LogP contribution in [-0.2, 0) is 15.7 Å². The second-order valence-corrected chi connectivity index (χ2v) is 2.72. The van der Waals surface area contributed by atoms with Gasteiger partial charge in [-0.15, -0.1) is 0 Å². The van der Waals surface area contributed by atoms with Crippen LogP contribution in [0, 0.1) is 0 Å². The van der Waals surface area contributed by atoms with E-state index >= 15 is 0 Å². The Morgan fingerprint density at radius 2 is 2.12 bits per heavy atom. The van der Waals surface area contributed by atoms with Crippen molar-refractivity contribution in [2.24, 2.45) is 0 Å².